The Labute approximate surface area is 133 Å². The zero-order valence-corrected chi connectivity index (χ0v) is 13.0. The zero-order chi connectivity index (χ0) is 15.5. The highest BCUT2D eigenvalue weighted by Gasteiger charge is 2.31. The average molecular weight is 321 g/mol. The molecule has 0 bridgehead atoms. The van der Waals surface area contributed by atoms with Crippen LogP contribution < -0.4 is 0 Å². The fourth-order valence-electron chi connectivity index (χ4n) is 2.54. The first kappa shape index (κ1) is 15.1. The summed E-state index contributed by atoms with van der Waals surface area (Å²) in [5, 5.41) is 0.446. The Bertz CT molecular complexity index is 671. The van der Waals surface area contributed by atoms with Gasteiger partial charge in [0.2, 0.25) is 0 Å². The van der Waals surface area contributed by atoms with Gasteiger partial charge in [0.15, 0.2) is 0 Å². The van der Waals surface area contributed by atoms with Crippen molar-refractivity contribution in [1.82, 2.24) is 9.88 Å². The Morgan fingerprint density at radius 2 is 2.32 bits per heavy atom. The standard InChI is InChI=1S/C16H17ClN2O3/c1-2-13-3-4-15(22-13)14-10-21-6-5-19(14)16(20)11-7-12(17)9-18-8-11/h3-4,7-9,14H,2,5-6,10H2,1H3. The number of carbonyl (C=O) groups excluding carboxylic acids is 1. The van der Waals surface area contributed by atoms with Crippen LogP contribution in [0.25, 0.3) is 0 Å². The molecule has 1 aliphatic rings. The Morgan fingerprint density at radius 3 is 3.05 bits per heavy atom. The third kappa shape index (κ3) is 3.00. The largest absolute Gasteiger partial charge is 0.464 e. The predicted molar refractivity (Wildman–Crippen MR) is 81.9 cm³/mol. The third-order valence-electron chi connectivity index (χ3n) is 3.70. The van der Waals surface area contributed by atoms with Crippen LogP contribution in [0.3, 0.4) is 0 Å². The number of aromatic nitrogens is 1. The maximum Gasteiger partial charge on any atom is 0.256 e. The topological polar surface area (TPSA) is 55.6 Å². The van der Waals surface area contributed by atoms with Crippen LogP contribution in [0.4, 0.5) is 0 Å². The van der Waals surface area contributed by atoms with Crippen molar-refractivity contribution in [2.24, 2.45) is 0 Å². The van der Waals surface area contributed by atoms with E-state index in [0.717, 1.165) is 17.9 Å². The third-order valence-corrected chi connectivity index (χ3v) is 3.91. The molecule has 0 aromatic carbocycles. The van der Waals surface area contributed by atoms with Crippen LogP contribution in [0.2, 0.25) is 5.02 Å². The van der Waals surface area contributed by atoms with E-state index in [1.165, 1.54) is 12.4 Å². The Hall–Kier alpha value is -1.85. The first-order chi connectivity index (χ1) is 10.7. The van der Waals surface area contributed by atoms with Crippen LogP contribution in [-0.4, -0.2) is 35.5 Å². The van der Waals surface area contributed by atoms with Crippen LogP contribution >= 0.6 is 11.6 Å². The summed E-state index contributed by atoms with van der Waals surface area (Å²) in [6.07, 6.45) is 3.86. The van der Waals surface area contributed by atoms with E-state index < -0.39 is 0 Å². The van der Waals surface area contributed by atoms with Crippen LogP contribution in [0.1, 0.15) is 34.8 Å². The van der Waals surface area contributed by atoms with E-state index in [1.807, 2.05) is 19.1 Å². The number of hydrogen-bond acceptors (Lipinski definition) is 4. The fourth-order valence-corrected chi connectivity index (χ4v) is 2.71. The predicted octanol–water partition coefficient (Wildman–Crippen LogP) is 3.10. The maximum absolute atomic E-state index is 12.7. The minimum absolute atomic E-state index is 0.113. The summed E-state index contributed by atoms with van der Waals surface area (Å²) in [5.74, 6) is 1.54. The van der Waals surface area contributed by atoms with E-state index >= 15 is 0 Å². The molecule has 116 valence electrons. The molecule has 2 aromatic rings. The lowest BCUT2D eigenvalue weighted by molar-refractivity contribution is -0.00903. The molecule has 1 amide bonds. The van der Waals surface area contributed by atoms with Crippen molar-refractivity contribution in [2.75, 3.05) is 19.8 Å². The highest BCUT2D eigenvalue weighted by Crippen LogP contribution is 2.28. The molecule has 0 spiro atoms. The Kier molecular flexibility index (Phi) is 4.45. The van der Waals surface area contributed by atoms with E-state index in [4.69, 9.17) is 20.8 Å². The molecule has 0 aliphatic carbocycles. The molecule has 1 aliphatic heterocycles. The summed E-state index contributed by atoms with van der Waals surface area (Å²) >= 11 is 5.93. The summed E-state index contributed by atoms with van der Waals surface area (Å²) in [6.45, 7) is 3.48. The van der Waals surface area contributed by atoms with Crippen molar-refractivity contribution in [2.45, 2.75) is 19.4 Å². The van der Waals surface area contributed by atoms with Gasteiger partial charge in [0.25, 0.3) is 5.91 Å². The Morgan fingerprint density at radius 1 is 1.45 bits per heavy atom. The summed E-state index contributed by atoms with van der Waals surface area (Å²) in [4.78, 5) is 18.5. The highest BCUT2D eigenvalue weighted by molar-refractivity contribution is 6.30. The number of pyridine rings is 1. The summed E-state index contributed by atoms with van der Waals surface area (Å²) in [7, 11) is 0. The van der Waals surface area contributed by atoms with Crippen molar-refractivity contribution >= 4 is 17.5 Å². The molecule has 0 N–H and O–H groups in total. The lowest BCUT2D eigenvalue weighted by atomic mass is 10.1. The maximum atomic E-state index is 12.7. The molecular weight excluding hydrogens is 304 g/mol. The molecule has 2 aromatic heterocycles. The zero-order valence-electron chi connectivity index (χ0n) is 12.3. The number of morpholine rings is 1. The van der Waals surface area contributed by atoms with Crippen molar-refractivity contribution in [3.63, 3.8) is 0 Å². The SMILES string of the molecule is CCc1ccc(C2COCCN2C(=O)c2cncc(Cl)c2)o1. The van der Waals surface area contributed by atoms with Gasteiger partial charge in [-0.2, -0.15) is 0 Å². The first-order valence-electron chi connectivity index (χ1n) is 7.27. The highest BCUT2D eigenvalue weighted by atomic mass is 35.5. The van der Waals surface area contributed by atoms with E-state index in [1.54, 1.807) is 11.0 Å². The van der Waals surface area contributed by atoms with Gasteiger partial charge in [0.1, 0.15) is 17.6 Å². The number of halogens is 1. The van der Waals surface area contributed by atoms with Gasteiger partial charge in [-0.05, 0) is 18.2 Å². The van der Waals surface area contributed by atoms with Crippen LogP contribution in [0.15, 0.2) is 35.0 Å². The second-order valence-corrected chi connectivity index (χ2v) is 5.58. The van der Waals surface area contributed by atoms with Crippen LogP contribution in [0.5, 0.6) is 0 Å². The van der Waals surface area contributed by atoms with Gasteiger partial charge in [-0.25, -0.2) is 0 Å². The molecule has 1 unspecified atom stereocenters. The lowest BCUT2D eigenvalue weighted by Gasteiger charge is -2.34. The minimum atomic E-state index is -0.222. The molecule has 6 heteroatoms. The van der Waals surface area contributed by atoms with E-state index in [-0.39, 0.29) is 11.9 Å². The minimum Gasteiger partial charge on any atom is -0.464 e. The molecule has 1 saturated heterocycles. The van der Waals surface area contributed by atoms with Gasteiger partial charge in [-0.3, -0.25) is 9.78 Å². The number of nitrogens with zero attached hydrogens (tertiary/aromatic N) is 2. The van der Waals surface area contributed by atoms with Crippen molar-refractivity contribution in [3.05, 3.63) is 52.7 Å². The van der Waals surface area contributed by atoms with Crippen molar-refractivity contribution in [1.29, 1.82) is 0 Å². The number of hydrogen-bond donors (Lipinski definition) is 0. The first-order valence-corrected chi connectivity index (χ1v) is 7.64. The number of aryl methyl sites for hydroxylation is 1. The summed E-state index contributed by atoms with van der Waals surface area (Å²) in [5.41, 5.74) is 0.474. The van der Waals surface area contributed by atoms with Gasteiger partial charge in [-0.1, -0.05) is 18.5 Å². The lowest BCUT2D eigenvalue weighted by Crippen LogP contribution is -2.43. The van der Waals surface area contributed by atoms with Gasteiger partial charge in [0.05, 0.1) is 23.8 Å². The van der Waals surface area contributed by atoms with Crippen molar-refractivity contribution in [3.8, 4) is 0 Å². The van der Waals surface area contributed by atoms with E-state index in [2.05, 4.69) is 4.98 Å². The van der Waals surface area contributed by atoms with Gasteiger partial charge in [0, 0.05) is 25.4 Å². The van der Waals surface area contributed by atoms with Crippen molar-refractivity contribution < 1.29 is 13.9 Å². The van der Waals surface area contributed by atoms with E-state index in [9.17, 15) is 4.79 Å². The van der Waals surface area contributed by atoms with Gasteiger partial charge >= 0.3 is 0 Å². The number of furan rings is 1. The smallest absolute Gasteiger partial charge is 0.256 e. The molecule has 0 saturated carbocycles. The molecule has 3 heterocycles. The summed E-state index contributed by atoms with van der Waals surface area (Å²) < 4.78 is 11.3. The van der Waals surface area contributed by atoms with E-state index in [0.29, 0.717) is 30.3 Å². The van der Waals surface area contributed by atoms with Crippen LogP contribution in [-0.2, 0) is 11.2 Å². The molecular formula is C16H17ClN2O3. The fraction of sp³-hybridized carbons (Fsp3) is 0.375. The molecule has 1 atom stereocenters. The molecule has 0 radical (unpaired) electrons. The molecule has 22 heavy (non-hydrogen) atoms. The van der Waals surface area contributed by atoms with Gasteiger partial charge < -0.3 is 14.1 Å². The summed E-state index contributed by atoms with van der Waals surface area (Å²) in [6, 6.07) is 5.26. The number of amides is 1. The number of rotatable bonds is 3. The van der Waals surface area contributed by atoms with Gasteiger partial charge in [-0.15, -0.1) is 0 Å². The second-order valence-electron chi connectivity index (χ2n) is 5.14. The van der Waals surface area contributed by atoms with Crippen LogP contribution in [0, 0.1) is 0 Å². The molecule has 3 rings (SSSR count). The molecule has 1 fully saturated rings. The average Bonchev–Trinajstić information content (AvgIpc) is 3.03. The normalized spacial score (nSPS) is 18.5. The molecule has 5 nitrogen and oxygen atoms in total. The Balaban J connectivity index is 1.87. The second kappa shape index (κ2) is 6.50. The number of ether oxygens (including phenoxy) is 1. The monoisotopic (exact) mass is 320 g/mol. The number of carbonyl (C=O) groups is 1. The quantitative estimate of drug-likeness (QED) is 0.872.